The first-order valence-corrected chi connectivity index (χ1v) is 6.69. The summed E-state index contributed by atoms with van der Waals surface area (Å²) in [7, 11) is 1.17. The maximum atomic E-state index is 14.3. The monoisotopic (exact) mass is 269 g/mol. The maximum Gasteiger partial charge on any atom is 0.345 e. The molecule has 5 heteroatoms. The summed E-state index contributed by atoms with van der Waals surface area (Å²) in [6.45, 7) is 2.15. The third-order valence-electron chi connectivity index (χ3n) is 4.15. The highest BCUT2D eigenvalue weighted by Crippen LogP contribution is 2.32. The molecule has 2 rings (SSSR count). The van der Waals surface area contributed by atoms with E-state index in [4.69, 9.17) is 0 Å². The van der Waals surface area contributed by atoms with Crippen molar-refractivity contribution in [2.75, 3.05) is 20.2 Å². The molecule has 0 aromatic carbocycles. The molecule has 0 N–H and O–H groups in total. The number of hydrogen-bond donors (Lipinski definition) is 0. The Labute approximate surface area is 112 Å². The van der Waals surface area contributed by atoms with Gasteiger partial charge < -0.3 is 9.64 Å². The summed E-state index contributed by atoms with van der Waals surface area (Å²) >= 11 is 0. The Morgan fingerprint density at radius 3 is 2.68 bits per heavy atom. The fourth-order valence-corrected chi connectivity index (χ4v) is 2.84. The minimum absolute atomic E-state index is 0.0301. The summed E-state index contributed by atoms with van der Waals surface area (Å²) in [5, 5.41) is 0. The number of halogens is 1. The standard InChI is InChI=1S/C14H20FNO3/c1-10-5-3-4-6-11(10)12(17)16-8-7-14(15,9-16)13(18)19-2/h3-4,10-11H,5-9H2,1-2H3/t10-,11-,14-/m1/s1. The van der Waals surface area contributed by atoms with Crippen LogP contribution in [0.5, 0.6) is 0 Å². The predicted octanol–water partition coefficient (Wildman–Crippen LogP) is 1.70. The topological polar surface area (TPSA) is 46.6 Å². The zero-order valence-electron chi connectivity index (χ0n) is 11.4. The molecule has 4 nitrogen and oxygen atoms in total. The van der Waals surface area contributed by atoms with Crippen LogP contribution >= 0.6 is 0 Å². The van der Waals surface area contributed by atoms with Crippen molar-refractivity contribution < 1.29 is 18.7 Å². The Hall–Kier alpha value is -1.39. The van der Waals surface area contributed by atoms with Crippen LogP contribution in [0.25, 0.3) is 0 Å². The predicted molar refractivity (Wildman–Crippen MR) is 68.1 cm³/mol. The Morgan fingerprint density at radius 1 is 1.37 bits per heavy atom. The smallest absolute Gasteiger partial charge is 0.345 e. The lowest BCUT2D eigenvalue weighted by Gasteiger charge is -2.29. The first-order valence-electron chi connectivity index (χ1n) is 6.69. The van der Waals surface area contributed by atoms with Crippen molar-refractivity contribution in [3.8, 4) is 0 Å². The molecule has 1 saturated heterocycles. The van der Waals surface area contributed by atoms with Gasteiger partial charge in [-0.05, 0) is 18.8 Å². The van der Waals surface area contributed by atoms with Crippen molar-refractivity contribution in [2.24, 2.45) is 11.8 Å². The second-order valence-electron chi connectivity index (χ2n) is 5.49. The molecule has 0 bridgehead atoms. The highest BCUT2D eigenvalue weighted by Gasteiger charge is 2.48. The van der Waals surface area contributed by atoms with E-state index in [1.165, 1.54) is 12.0 Å². The number of methoxy groups -OCH3 is 1. The molecule has 0 saturated carbocycles. The third-order valence-corrected chi connectivity index (χ3v) is 4.15. The number of hydrogen-bond acceptors (Lipinski definition) is 3. The minimum Gasteiger partial charge on any atom is -0.467 e. The second-order valence-corrected chi connectivity index (χ2v) is 5.49. The summed E-state index contributed by atoms with van der Waals surface area (Å²) in [5.41, 5.74) is -2.03. The number of carbonyl (C=O) groups excluding carboxylic acids is 2. The fourth-order valence-electron chi connectivity index (χ4n) is 2.84. The van der Waals surface area contributed by atoms with Gasteiger partial charge in [0.1, 0.15) is 0 Å². The van der Waals surface area contributed by atoms with Gasteiger partial charge in [-0.3, -0.25) is 4.79 Å². The van der Waals surface area contributed by atoms with Gasteiger partial charge in [-0.2, -0.15) is 0 Å². The molecule has 2 aliphatic rings. The van der Waals surface area contributed by atoms with Gasteiger partial charge in [-0.1, -0.05) is 19.1 Å². The molecule has 19 heavy (non-hydrogen) atoms. The molecule has 1 fully saturated rings. The van der Waals surface area contributed by atoms with Crippen LogP contribution < -0.4 is 0 Å². The molecule has 3 atom stereocenters. The summed E-state index contributed by atoms with van der Waals surface area (Å²) in [6.07, 6.45) is 5.69. The van der Waals surface area contributed by atoms with Crippen molar-refractivity contribution in [2.45, 2.75) is 31.9 Å². The van der Waals surface area contributed by atoms with Crippen LogP contribution in [-0.2, 0) is 14.3 Å². The van der Waals surface area contributed by atoms with Gasteiger partial charge in [-0.25, -0.2) is 9.18 Å². The summed E-state index contributed by atoms with van der Waals surface area (Å²) < 4.78 is 18.8. The SMILES string of the molecule is COC(=O)[C@@]1(F)CCN(C(=O)[C@@H]2CC=CC[C@H]2C)C1. The quantitative estimate of drug-likeness (QED) is 0.566. The Balaban J connectivity index is 2.02. The molecular formula is C14H20FNO3. The van der Waals surface area contributed by atoms with E-state index in [2.05, 4.69) is 10.8 Å². The molecule has 1 aliphatic carbocycles. The molecule has 0 aromatic rings. The van der Waals surface area contributed by atoms with Crippen LogP contribution in [0.4, 0.5) is 4.39 Å². The molecule has 0 unspecified atom stereocenters. The van der Waals surface area contributed by atoms with Crippen molar-refractivity contribution in [1.29, 1.82) is 0 Å². The van der Waals surface area contributed by atoms with Crippen LogP contribution in [0.1, 0.15) is 26.2 Å². The van der Waals surface area contributed by atoms with Gasteiger partial charge in [0.2, 0.25) is 11.6 Å². The summed E-state index contributed by atoms with van der Waals surface area (Å²) in [4.78, 5) is 25.3. The number of esters is 1. The van der Waals surface area contributed by atoms with Crippen molar-refractivity contribution in [1.82, 2.24) is 4.90 Å². The van der Waals surface area contributed by atoms with E-state index in [0.29, 0.717) is 6.42 Å². The highest BCUT2D eigenvalue weighted by molar-refractivity contribution is 5.84. The van der Waals surface area contributed by atoms with Crippen LogP contribution in [0.2, 0.25) is 0 Å². The van der Waals surface area contributed by atoms with Crippen LogP contribution in [0.3, 0.4) is 0 Å². The maximum absolute atomic E-state index is 14.3. The van der Waals surface area contributed by atoms with Gasteiger partial charge in [0.15, 0.2) is 0 Å². The van der Waals surface area contributed by atoms with E-state index in [9.17, 15) is 14.0 Å². The Morgan fingerprint density at radius 2 is 2.05 bits per heavy atom. The molecule has 0 aromatic heterocycles. The number of amides is 1. The molecule has 1 heterocycles. The van der Waals surface area contributed by atoms with Gasteiger partial charge in [0, 0.05) is 18.9 Å². The van der Waals surface area contributed by atoms with Gasteiger partial charge in [0.25, 0.3) is 0 Å². The first kappa shape index (κ1) is 14.0. The number of carbonyl (C=O) groups is 2. The van der Waals surface area contributed by atoms with Crippen molar-refractivity contribution in [3.63, 3.8) is 0 Å². The average molecular weight is 269 g/mol. The lowest BCUT2D eigenvalue weighted by molar-refractivity contribution is -0.154. The van der Waals surface area contributed by atoms with Crippen molar-refractivity contribution >= 4 is 11.9 Å². The van der Waals surface area contributed by atoms with Crippen LogP contribution in [0, 0.1) is 11.8 Å². The minimum atomic E-state index is -2.03. The number of ether oxygens (including phenoxy) is 1. The number of nitrogens with zero attached hydrogens (tertiary/aromatic N) is 1. The average Bonchev–Trinajstić information content (AvgIpc) is 2.81. The largest absolute Gasteiger partial charge is 0.467 e. The zero-order valence-corrected chi connectivity index (χ0v) is 11.4. The van der Waals surface area contributed by atoms with E-state index in [1.54, 1.807) is 0 Å². The normalized spacial score (nSPS) is 34.4. The van der Waals surface area contributed by atoms with Gasteiger partial charge in [-0.15, -0.1) is 0 Å². The van der Waals surface area contributed by atoms with E-state index >= 15 is 0 Å². The third kappa shape index (κ3) is 2.65. The molecule has 0 spiro atoms. The summed E-state index contributed by atoms with van der Waals surface area (Å²) in [5.74, 6) is -0.741. The highest BCUT2D eigenvalue weighted by atomic mass is 19.1. The molecular weight excluding hydrogens is 249 g/mol. The van der Waals surface area contributed by atoms with E-state index in [-0.39, 0.29) is 37.3 Å². The summed E-state index contributed by atoms with van der Waals surface area (Å²) in [6, 6.07) is 0. The molecule has 1 amide bonds. The first-order chi connectivity index (χ1) is 8.98. The number of alkyl halides is 1. The number of likely N-dealkylation sites (tertiary alicyclic amines) is 1. The number of allylic oxidation sites excluding steroid dienone is 2. The lowest BCUT2D eigenvalue weighted by Crippen LogP contribution is -2.42. The Kier molecular flexibility index (Phi) is 3.92. The van der Waals surface area contributed by atoms with Crippen molar-refractivity contribution in [3.05, 3.63) is 12.2 Å². The Bertz CT molecular complexity index is 409. The van der Waals surface area contributed by atoms with E-state index in [0.717, 1.165) is 6.42 Å². The molecule has 1 aliphatic heterocycles. The van der Waals surface area contributed by atoms with E-state index < -0.39 is 11.6 Å². The van der Waals surface area contributed by atoms with Gasteiger partial charge in [0.05, 0.1) is 13.7 Å². The molecule has 106 valence electrons. The van der Waals surface area contributed by atoms with Gasteiger partial charge >= 0.3 is 5.97 Å². The van der Waals surface area contributed by atoms with E-state index in [1.807, 2.05) is 13.0 Å². The van der Waals surface area contributed by atoms with Crippen LogP contribution in [-0.4, -0.2) is 42.6 Å². The zero-order chi connectivity index (χ0) is 14.0. The second kappa shape index (κ2) is 5.31. The molecule has 0 radical (unpaired) electrons. The van der Waals surface area contributed by atoms with Crippen LogP contribution in [0.15, 0.2) is 12.2 Å². The fraction of sp³-hybridized carbons (Fsp3) is 0.714. The lowest BCUT2D eigenvalue weighted by atomic mass is 9.83. The number of rotatable bonds is 2.